The van der Waals surface area contributed by atoms with Crippen molar-refractivity contribution >= 4 is 23.4 Å². The molecule has 2 aromatic rings. The van der Waals surface area contributed by atoms with Gasteiger partial charge in [-0.3, -0.25) is 9.69 Å². The number of thioether (sulfide) groups is 1. The van der Waals surface area contributed by atoms with Crippen LogP contribution in [0.3, 0.4) is 0 Å². The molecule has 1 aliphatic heterocycles. The second kappa shape index (κ2) is 7.19. The molecule has 0 aliphatic carbocycles. The lowest BCUT2D eigenvalue weighted by molar-refractivity contribution is -0.120. The molecule has 3 rings (SSSR count). The first-order chi connectivity index (χ1) is 11.1. The minimum atomic E-state index is -0.104. The van der Waals surface area contributed by atoms with Gasteiger partial charge in [0, 0.05) is 42.8 Å². The van der Waals surface area contributed by atoms with Gasteiger partial charge in [0.2, 0.25) is 5.91 Å². The van der Waals surface area contributed by atoms with E-state index < -0.39 is 0 Å². The zero-order valence-electron chi connectivity index (χ0n) is 13.4. The van der Waals surface area contributed by atoms with E-state index >= 15 is 0 Å². The minimum Gasteiger partial charge on any atom is -0.441 e. The molecule has 122 valence electrons. The third kappa shape index (κ3) is 3.95. The van der Waals surface area contributed by atoms with Crippen LogP contribution in [0.15, 0.2) is 34.9 Å². The van der Waals surface area contributed by atoms with Gasteiger partial charge in [0.05, 0.1) is 12.2 Å². The molecule has 5 nitrogen and oxygen atoms in total. The highest BCUT2D eigenvalue weighted by Crippen LogP contribution is 2.22. The van der Waals surface area contributed by atoms with E-state index in [2.05, 4.69) is 15.2 Å². The van der Waals surface area contributed by atoms with Crippen molar-refractivity contribution in [3.05, 3.63) is 36.4 Å². The highest BCUT2D eigenvalue weighted by molar-refractivity contribution is 7.99. The zero-order valence-corrected chi connectivity index (χ0v) is 14.2. The van der Waals surface area contributed by atoms with Crippen LogP contribution in [0.25, 0.3) is 11.3 Å². The van der Waals surface area contributed by atoms with Gasteiger partial charge in [-0.2, -0.15) is 11.8 Å². The second-order valence-electron chi connectivity index (χ2n) is 5.63. The average Bonchev–Trinajstić information content (AvgIpc) is 3.02. The molecule has 6 heteroatoms. The number of nitrogens with one attached hydrogen (secondary N) is 1. The van der Waals surface area contributed by atoms with Crippen LogP contribution >= 0.6 is 11.8 Å². The number of anilines is 1. The molecule has 1 atom stereocenters. The summed E-state index contributed by atoms with van der Waals surface area (Å²) < 4.78 is 5.50. The molecule has 23 heavy (non-hydrogen) atoms. The Labute approximate surface area is 140 Å². The largest absolute Gasteiger partial charge is 0.441 e. The summed E-state index contributed by atoms with van der Waals surface area (Å²) in [4.78, 5) is 18.7. The molecule has 2 heterocycles. The number of oxazole rings is 1. The van der Waals surface area contributed by atoms with Gasteiger partial charge < -0.3 is 9.73 Å². The zero-order chi connectivity index (χ0) is 16.2. The molecule has 1 aliphatic rings. The molecule has 1 N–H and O–H groups in total. The number of nitrogens with zero attached hydrogens (tertiary/aromatic N) is 2. The number of aromatic nitrogens is 1. The van der Waals surface area contributed by atoms with Crippen molar-refractivity contribution in [3.8, 4) is 11.3 Å². The first kappa shape index (κ1) is 16.1. The first-order valence-corrected chi connectivity index (χ1v) is 8.94. The van der Waals surface area contributed by atoms with Crippen LogP contribution in [0.5, 0.6) is 0 Å². The predicted octanol–water partition coefficient (Wildman–Crippen LogP) is 3.03. The van der Waals surface area contributed by atoms with Gasteiger partial charge in [-0.25, -0.2) is 4.98 Å². The standard InChI is InChI=1S/C17H21N3O2S/c1-12(20-7-9-23-10-8-20)17(21)19-15-5-3-14(4-6-15)16-11-18-13(2)22-16/h3-6,11-12H,7-10H2,1-2H3,(H,19,21)/t12-/m1/s1. The lowest BCUT2D eigenvalue weighted by Gasteiger charge is -2.31. The van der Waals surface area contributed by atoms with Crippen molar-refractivity contribution in [3.63, 3.8) is 0 Å². The van der Waals surface area contributed by atoms with E-state index in [1.807, 2.05) is 49.9 Å². The number of amides is 1. The van der Waals surface area contributed by atoms with Gasteiger partial charge in [-0.15, -0.1) is 0 Å². The summed E-state index contributed by atoms with van der Waals surface area (Å²) in [6.07, 6.45) is 1.71. The Morgan fingerprint density at radius 2 is 2.00 bits per heavy atom. The van der Waals surface area contributed by atoms with Gasteiger partial charge in [0.15, 0.2) is 11.7 Å². The number of rotatable bonds is 4. The molecule has 1 fully saturated rings. The number of hydrogen-bond acceptors (Lipinski definition) is 5. The summed E-state index contributed by atoms with van der Waals surface area (Å²) in [5.74, 6) is 3.62. The molecule has 0 bridgehead atoms. The lowest BCUT2D eigenvalue weighted by atomic mass is 10.1. The maximum Gasteiger partial charge on any atom is 0.241 e. The summed E-state index contributed by atoms with van der Waals surface area (Å²) >= 11 is 1.95. The fourth-order valence-electron chi connectivity index (χ4n) is 2.59. The fraction of sp³-hybridized carbons (Fsp3) is 0.412. The van der Waals surface area contributed by atoms with Crippen LogP contribution in [0.1, 0.15) is 12.8 Å². The Morgan fingerprint density at radius 3 is 2.61 bits per heavy atom. The number of benzene rings is 1. The van der Waals surface area contributed by atoms with E-state index in [4.69, 9.17) is 4.42 Å². The Morgan fingerprint density at radius 1 is 1.30 bits per heavy atom. The summed E-state index contributed by atoms with van der Waals surface area (Å²) in [5, 5.41) is 2.99. The topological polar surface area (TPSA) is 58.4 Å². The molecular formula is C17H21N3O2S. The maximum absolute atomic E-state index is 12.4. The number of carbonyl (C=O) groups is 1. The summed E-state index contributed by atoms with van der Waals surface area (Å²) in [5.41, 5.74) is 1.75. The maximum atomic E-state index is 12.4. The van der Waals surface area contributed by atoms with E-state index in [9.17, 15) is 4.79 Å². The van der Waals surface area contributed by atoms with E-state index in [1.165, 1.54) is 0 Å². The van der Waals surface area contributed by atoms with Crippen LogP contribution in [0.2, 0.25) is 0 Å². The Balaban J connectivity index is 1.62. The summed E-state index contributed by atoms with van der Waals surface area (Å²) in [6.45, 7) is 5.74. The van der Waals surface area contributed by atoms with Crippen LogP contribution in [0, 0.1) is 6.92 Å². The number of hydrogen-bond donors (Lipinski definition) is 1. The highest BCUT2D eigenvalue weighted by Gasteiger charge is 2.22. The monoisotopic (exact) mass is 331 g/mol. The lowest BCUT2D eigenvalue weighted by Crippen LogP contribution is -2.46. The van der Waals surface area contributed by atoms with E-state index in [0.29, 0.717) is 5.89 Å². The summed E-state index contributed by atoms with van der Waals surface area (Å²) in [7, 11) is 0. The van der Waals surface area contributed by atoms with E-state index in [0.717, 1.165) is 41.6 Å². The Hall–Kier alpha value is -1.79. The molecule has 0 radical (unpaired) electrons. The quantitative estimate of drug-likeness (QED) is 0.933. The van der Waals surface area contributed by atoms with Gasteiger partial charge >= 0.3 is 0 Å². The van der Waals surface area contributed by atoms with Crippen LogP contribution < -0.4 is 5.32 Å². The molecular weight excluding hydrogens is 310 g/mol. The highest BCUT2D eigenvalue weighted by atomic mass is 32.2. The van der Waals surface area contributed by atoms with Crippen molar-refractivity contribution in [2.24, 2.45) is 0 Å². The van der Waals surface area contributed by atoms with Gasteiger partial charge in [0.1, 0.15) is 0 Å². The van der Waals surface area contributed by atoms with Gasteiger partial charge in [-0.1, -0.05) is 0 Å². The Bertz CT molecular complexity index is 663. The SMILES string of the molecule is Cc1ncc(-c2ccc(NC(=O)[C@@H](C)N3CCSCC3)cc2)o1. The normalized spacial score (nSPS) is 17.0. The molecule has 0 spiro atoms. The Kier molecular flexibility index (Phi) is 5.03. The van der Waals surface area contributed by atoms with Crippen LogP contribution in [0.4, 0.5) is 5.69 Å². The molecule has 1 saturated heterocycles. The minimum absolute atomic E-state index is 0.0418. The predicted molar refractivity (Wildman–Crippen MR) is 93.7 cm³/mol. The van der Waals surface area contributed by atoms with Crippen molar-refractivity contribution in [1.29, 1.82) is 0 Å². The second-order valence-corrected chi connectivity index (χ2v) is 6.86. The van der Waals surface area contributed by atoms with Gasteiger partial charge in [0.25, 0.3) is 0 Å². The van der Waals surface area contributed by atoms with E-state index in [1.54, 1.807) is 6.20 Å². The van der Waals surface area contributed by atoms with Crippen molar-refractivity contribution in [1.82, 2.24) is 9.88 Å². The van der Waals surface area contributed by atoms with Crippen molar-refractivity contribution < 1.29 is 9.21 Å². The number of carbonyl (C=O) groups excluding carboxylic acids is 1. The van der Waals surface area contributed by atoms with Crippen LogP contribution in [-0.2, 0) is 4.79 Å². The number of aryl methyl sites for hydroxylation is 1. The average molecular weight is 331 g/mol. The third-order valence-corrected chi connectivity index (χ3v) is 4.97. The molecule has 1 amide bonds. The third-order valence-electron chi connectivity index (χ3n) is 4.03. The molecule has 0 saturated carbocycles. The van der Waals surface area contributed by atoms with Crippen molar-refractivity contribution in [2.45, 2.75) is 19.9 Å². The molecule has 0 unspecified atom stereocenters. The van der Waals surface area contributed by atoms with Crippen LogP contribution in [-0.4, -0.2) is 46.4 Å². The molecule has 1 aromatic carbocycles. The van der Waals surface area contributed by atoms with Crippen molar-refractivity contribution in [2.75, 3.05) is 29.9 Å². The first-order valence-electron chi connectivity index (χ1n) is 7.79. The van der Waals surface area contributed by atoms with Gasteiger partial charge in [-0.05, 0) is 31.2 Å². The van der Waals surface area contributed by atoms with E-state index in [-0.39, 0.29) is 11.9 Å². The molecule has 1 aromatic heterocycles. The fourth-order valence-corrected chi connectivity index (χ4v) is 3.52. The summed E-state index contributed by atoms with van der Waals surface area (Å²) in [6, 6.07) is 7.54. The smallest absolute Gasteiger partial charge is 0.241 e.